The van der Waals surface area contributed by atoms with Gasteiger partial charge in [0.1, 0.15) is 5.82 Å². The van der Waals surface area contributed by atoms with E-state index in [1.54, 1.807) is 6.07 Å². The number of aromatic amines is 1. The highest BCUT2D eigenvalue weighted by Crippen LogP contribution is 2.22. The van der Waals surface area contributed by atoms with Gasteiger partial charge in [0.2, 0.25) is 0 Å². The second kappa shape index (κ2) is 5.12. The second-order valence-corrected chi connectivity index (χ2v) is 5.64. The van der Waals surface area contributed by atoms with E-state index in [1.165, 1.54) is 23.9 Å². The van der Waals surface area contributed by atoms with E-state index >= 15 is 0 Å². The number of nitrogens with zero attached hydrogens (tertiary/aromatic N) is 4. The minimum atomic E-state index is -0.331. The molecule has 0 aliphatic carbocycles. The Morgan fingerprint density at radius 1 is 1.48 bits per heavy atom. The van der Waals surface area contributed by atoms with Gasteiger partial charge in [0.25, 0.3) is 0 Å². The highest BCUT2D eigenvalue weighted by molar-refractivity contribution is 5.42. The Hall–Kier alpha value is -1.93. The summed E-state index contributed by atoms with van der Waals surface area (Å²) in [4.78, 5) is 14.0. The van der Waals surface area contributed by atoms with Crippen LogP contribution in [-0.2, 0) is 4.74 Å². The molecule has 2 aromatic heterocycles. The average molecular weight is 290 g/mol. The molecule has 2 unspecified atom stereocenters. The maximum Gasteiger partial charge on any atom is 0.364 e. The van der Waals surface area contributed by atoms with E-state index in [0.29, 0.717) is 24.1 Å². The van der Waals surface area contributed by atoms with Crippen molar-refractivity contribution in [2.45, 2.75) is 25.0 Å². The monoisotopic (exact) mass is 290 g/mol. The molecule has 2 atom stereocenters. The number of morpholine rings is 1. The Labute approximate surface area is 121 Å². The summed E-state index contributed by atoms with van der Waals surface area (Å²) in [7, 11) is 0. The van der Waals surface area contributed by atoms with Gasteiger partial charge in [-0.25, -0.2) is 9.89 Å². The predicted octanol–water partition coefficient (Wildman–Crippen LogP) is -0.307. The lowest BCUT2D eigenvalue weighted by Crippen LogP contribution is -2.48. The molecule has 4 heterocycles. The number of nitrogens with one attached hydrogen (secondary N) is 2. The van der Waals surface area contributed by atoms with Gasteiger partial charge in [-0.05, 0) is 31.5 Å². The van der Waals surface area contributed by atoms with Gasteiger partial charge in [-0.15, -0.1) is 5.10 Å². The Morgan fingerprint density at radius 3 is 3.38 bits per heavy atom. The molecule has 0 spiro atoms. The van der Waals surface area contributed by atoms with Gasteiger partial charge in [-0.1, -0.05) is 0 Å². The van der Waals surface area contributed by atoms with Crippen molar-refractivity contribution >= 4 is 11.5 Å². The number of hydrogen-bond acceptors (Lipinski definition) is 6. The molecular weight excluding hydrogens is 272 g/mol. The van der Waals surface area contributed by atoms with Crippen molar-refractivity contribution < 1.29 is 4.74 Å². The number of H-pyrrole nitrogens is 1. The fourth-order valence-corrected chi connectivity index (χ4v) is 3.12. The van der Waals surface area contributed by atoms with Crippen LogP contribution < -0.4 is 11.0 Å². The molecule has 8 heteroatoms. The van der Waals surface area contributed by atoms with E-state index in [1.807, 2.05) is 6.07 Å². The van der Waals surface area contributed by atoms with Crippen LogP contribution in [0.15, 0.2) is 16.9 Å². The second-order valence-electron chi connectivity index (χ2n) is 5.64. The van der Waals surface area contributed by atoms with Crippen molar-refractivity contribution in [2.75, 3.05) is 31.6 Å². The molecule has 0 aromatic carbocycles. The molecule has 2 N–H and O–H groups in total. The topological polar surface area (TPSA) is 87.5 Å². The smallest absolute Gasteiger partial charge is 0.364 e. The van der Waals surface area contributed by atoms with E-state index in [2.05, 4.69) is 25.5 Å². The van der Waals surface area contributed by atoms with Crippen molar-refractivity contribution in [1.82, 2.24) is 24.7 Å². The van der Waals surface area contributed by atoms with E-state index in [4.69, 9.17) is 4.74 Å². The summed E-state index contributed by atoms with van der Waals surface area (Å²) in [5, 5.41) is 13.7. The summed E-state index contributed by atoms with van der Waals surface area (Å²) >= 11 is 0. The number of aromatic nitrogens is 4. The molecule has 0 amide bonds. The quantitative estimate of drug-likeness (QED) is 0.806. The molecule has 2 aromatic rings. The third-order valence-electron chi connectivity index (χ3n) is 4.25. The number of anilines is 1. The lowest BCUT2D eigenvalue weighted by molar-refractivity contribution is -0.0416. The maximum atomic E-state index is 11.5. The minimum absolute atomic E-state index is 0.165. The molecule has 8 nitrogen and oxygen atoms in total. The molecule has 2 saturated heterocycles. The normalized spacial score (nSPS) is 26.1. The number of rotatable bonds is 3. The van der Waals surface area contributed by atoms with Crippen LogP contribution in [0.5, 0.6) is 0 Å². The third kappa shape index (κ3) is 2.40. The van der Waals surface area contributed by atoms with E-state index < -0.39 is 0 Å². The fourth-order valence-electron chi connectivity index (χ4n) is 3.12. The lowest BCUT2D eigenvalue weighted by atomic mass is 10.2. The van der Waals surface area contributed by atoms with Gasteiger partial charge >= 0.3 is 5.69 Å². The van der Waals surface area contributed by atoms with Crippen LogP contribution in [0.25, 0.3) is 5.65 Å². The predicted molar refractivity (Wildman–Crippen MR) is 76.4 cm³/mol. The number of ether oxygens (including phenoxy) is 1. The van der Waals surface area contributed by atoms with Crippen LogP contribution in [0.4, 0.5) is 5.82 Å². The van der Waals surface area contributed by atoms with Gasteiger partial charge in [-0.3, -0.25) is 4.90 Å². The maximum absolute atomic E-state index is 11.5. The Morgan fingerprint density at radius 2 is 2.43 bits per heavy atom. The summed E-state index contributed by atoms with van der Waals surface area (Å²) in [5.41, 5.74) is 0.182. The molecule has 2 aliphatic heterocycles. The first-order valence-electron chi connectivity index (χ1n) is 7.33. The summed E-state index contributed by atoms with van der Waals surface area (Å²) in [5.74, 6) is 0.651. The summed E-state index contributed by atoms with van der Waals surface area (Å²) in [6.07, 6.45) is 2.69. The van der Waals surface area contributed by atoms with Gasteiger partial charge in [0.15, 0.2) is 5.65 Å². The first-order valence-corrected chi connectivity index (χ1v) is 7.33. The minimum Gasteiger partial charge on any atom is -0.373 e. The molecular formula is C13H18N6O2. The lowest BCUT2D eigenvalue weighted by Gasteiger charge is -2.35. The largest absolute Gasteiger partial charge is 0.373 e. The van der Waals surface area contributed by atoms with Crippen LogP contribution in [0.1, 0.15) is 12.8 Å². The molecule has 0 radical (unpaired) electrons. The molecule has 0 saturated carbocycles. The molecule has 0 bridgehead atoms. The zero-order valence-corrected chi connectivity index (χ0v) is 11.7. The molecule has 2 aliphatic rings. The molecule has 112 valence electrons. The number of fused-ring (bicyclic) bond motifs is 2. The van der Waals surface area contributed by atoms with Crippen LogP contribution in [0, 0.1) is 0 Å². The van der Waals surface area contributed by atoms with Crippen LogP contribution in [0.2, 0.25) is 0 Å². The summed E-state index contributed by atoms with van der Waals surface area (Å²) < 4.78 is 7.14. The SMILES string of the molecule is O=c1[nH]nc2ccc(NCC3CN4CCCC4CO3)nn12. The van der Waals surface area contributed by atoms with E-state index in [9.17, 15) is 4.79 Å². The fraction of sp³-hybridized carbons (Fsp3) is 0.615. The highest BCUT2D eigenvalue weighted by atomic mass is 16.5. The van der Waals surface area contributed by atoms with Crippen LogP contribution in [0.3, 0.4) is 0 Å². The first-order chi connectivity index (χ1) is 10.3. The zero-order chi connectivity index (χ0) is 14.2. The van der Waals surface area contributed by atoms with Crippen molar-refractivity contribution in [3.63, 3.8) is 0 Å². The Kier molecular flexibility index (Phi) is 3.12. The standard InChI is InChI=1S/C13H18N6O2/c20-13-16-15-12-4-3-11(17-19(12)13)14-6-10-7-18-5-1-2-9(18)8-21-10/h3-4,9-10H,1-2,5-8H2,(H,14,17)(H,16,20). The van der Waals surface area contributed by atoms with Crippen molar-refractivity contribution in [1.29, 1.82) is 0 Å². The van der Waals surface area contributed by atoms with E-state index in [0.717, 1.165) is 13.2 Å². The zero-order valence-electron chi connectivity index (χ0n) is 11.7. The average Bonchev–Trinajstić information content (AvgIpc) is 3.11. The van der Waals surface area contributed by atoms with Crippen molar-refractivity contribution in [3.05, 3.63) is 22.6 Å². The summed E-state index contributed by atoms with van der Waals surface area (Å²) in [6, 6.07) is 4.18. The van der Waals surface area contributed by atoms with Crippen molar-refractivity contribution in [3.8, 4) is 0 Å². The van der Waals surface area contributed by atoms with Crippen LogP contribution in [-0.4, -0.2) is 63.1 Å². The van der Waals surface area contributed by atoms with Crippen LogP contribution >= 0.6 is 0 Å². The van der Waals surface area contributed by atoms with Crippen molar-refractivity contribution in [2.24, 2.45) is 0 Å². The molecule has 4 rings (SSSR count). The number of hydrogen-bond donors (Lipinski definition) is 2. The highest BCUT2D eigenvalue weighted by Gasteiger charge is 2.31. The summed E-state index contributed by atoms with van der Waals surface area (Å²) in [6.45, 7) is 3.65. The Balaban J connectivity index is 1.41. The van der Waals surface area contributed by atoms with Gasteiger partial charge < -0.3 is 10.1 Å². The van der Waals surface area contributed by atoms with Gasteiger partial charge in [-0.2, -0.15) is 9.61 Å². The molecule has 2 fully saturated rings. The van der Waals surface area contributed by atoms with Gasteiger partial charge in [0.05, 0.1) is 12.7 Å². The Bertz CT molecular complexity index is 695. The third-order valence-corrected chi connectivity index (χ3v) is 4.25. The van der Waals surface area contributed by atoms with Gasteiger partial charge in [0, 0.05) is 19.1 Å². The molecule has 21 heavy (non-hydrogen) atoms. The van der Waals surface area contributed by atoms with E-state index in [-0.39, 0.29) is 11.8 Å². The first kappa shape index (κ1) is 12.8.